The molecule has 0 saturated heterocycles. The summed E-state index contributed by atoms with van der Waals surface area (Å²) in [4.78, 5) is 27.1. The summed E-state index contributed by atoms with van der Waals surface area (Å²) in [5.74, 6) is 0.480. The quantitative estimate of drug-likeness (QED) is 0.693. The van der Waals surface area contributed by atoms with Crippen LogP contribution in [-0.4, -0.2) is 36.4 Å². The fourth-order valence-corrected chi connectivity index (χ4v) is 2.91. The highest BCUT2D eigenvalue weighted by Crippen LogP contribution is 2.17. The number of nitrogens with zero attached hydrogens (tertiary/aromatic N) is 1. The number of rotatable bonds is 9. The van der Waals surface area contributed by atoms with Crippen molar-refractivity contribution in [2.45, 2.75) is 39.3 Å². The Morgan fingerprint density at radius 2 is 1.68 bits per heavy atom. The number of methoxy groups -OCH3 is 1. The van der Waals surface area contributed by atoms with Gasteiger partial charge in [-0.3, -0.25) is 9.59 Å². The van der Waals surface area contributed by atoms with Crippen molar-refractivity contribution in [3.8, 4) is 5.75 Å². The minimum absolute atomic E-state index is 0.114. The molecule has 28 heavy (non-hydrogen) atoms. The maximum absolute atomic E-state index is 13.0. The molecule has 6 heteroatoms. The van der Waals surface area contributed by atoms with Crippen LogP contribution >= 0.6 is 11.6 Å². The third-order valence-electron chi connectivity index (χ3n) is 4.50. The lowest BCUT2D eigenvalue weighted by molar-refractivity contribution is -0.140. The second-order valence-electron chi connectivity index (χ2n) is 6.64. The number of halogens is 1. The Morgan fingerprint density at radius 3 is 2.25 bits per heavy atom. The molecule has 2 aromatic rings. The number of hydrogen-bond acceptors (Lipinski definition) is 3. The summed E-state index contributed by atoms with van der Waals surface area (Å²) in [5.41, 5.74) is 1.79. The lowest BCUT2D eigenvalue weighted by Gasteiger charge is -2.29. The van der Waals surface area contributed by atoms with Crippen LogP contribution in [-0.2, 0) is 22.6 Å². The maximum atomic E-state index is 13.0. The van der Waals surface area contributed by atoms with E-state index in [1.165, 1.54) is 0 Å². The van der Waals surface area contributed by atoms with Crippen LogP contribution in [0.2, 0.25) is 5.02 Å². The van der Waals surface area contributed by atoms with Crippen molar-refractivity contribution in [2.75, 3.05) is 13.7 Å². The van der Waals surface area contributed by atoms with Crippen molar-refractivity contribution in [3.63, 3.8) is 0 Å². The van der Waals surface area contributed by atoms with Gasteiger partial charge in [0.2, 0.25) is 11.8 Å². The van der Waals surface area contributed by atoms with E-state index in [1.54, 1.807) is 31.1 Å². The zero-order chi connectivity index (χ0) is 20.5. The van der Waals surface area contributed by atoms with Crippen LogP contribution in [0.15, 0.2) is 48.5 Å². The fraction of sp³-hybridized carbons (Fsp3) is 0.364. The molecule has 0 unspecified atom stereocenters. The van der Waals surface area contributed by atoms with E-state index in [2.05, 4.69) is 5.32 Å². The SMILES string of the molecule is CCCNC(=O)[C@H](C)N(Cc1ccc(OC)cc1)C(=O)Cc1ccc(Cl)cc1. The summed E-state index contributed by atoms with van der Waals surface area (Å²) in [6, 6.07) is 14.1. The molecule has 2 amide bonds. The van der Waals surface area contributed by atoms with Crippen LogP contribution in [0.25, 0.3) is 0 Å². The minimum Gasteiger partial charge on any atom is -0.497 e. The van der Waals surface area contributed by atoms with E-state index >= 15 is 0 Å². The number of ether oxygens (including phenoxy) is 1. The van der Waals surface area contributed by atoms with Crippen LogP contribution in [0.1, 0.15) is 31.4 Å². The monoisotopic (exact) mass is 402 g/mol. The van der Waals surface area contributed by atoms with E-state index < -0.39 is 6.04 Å². The average Bonchev–Trinajstić information content (AvgIpc) is 2.71. The van der Waals surface area contributed by atoms with Gasteiger partial charge in [0.15, 0.2) is 0 Å². The molecule has 0 fully saturated rings. The zero-order valence-electron chi connectivity index (χ0n) is 16.6. The van der Waals surface area contributed by atoms with Crippen LogP contribution in [0.5, 0.6) is 5.75 Å². The first-order valence-electron chi connectivity index (χ1n) is 9.39. The van der Waals surface area contributed by atoms with Gasteiger partial charge in [0, 0.05) is 18.1 Å². The Kier molecular flexibility index (Phi) is 8.33. The first kappa shape index (κ1) is 21.8. The van der Waals surface area contributed by atoms with Crippen molar-refractivity contribution in [1.82, 2.24) is 10.2 Å². The van der Waals surface area contributed by atoms with E-state index in [0.717, 1.165) is 23.3 Å². The highest BCUT2D eigenvalue weighted by atomic mass is 35.5. The Morgan fingerprint density at radius 1 is 1.07 bits per heavy atom. The van der Waals surface area contributed by atoms with Crippen molar-refractivity contribution in [2.24, 2.45) is 0 Å². The molecule has 0 aliphatic rings. The first-order chi connectivity index (χ1) is 13.4. The van der Waals surface area contributed by atoms with Gasteiger partial charge in [0.05, 0.1) is 13.5 Å². The zero-order valence-corrected chi connectivity index (χ0v) is 17.3. The molecule has 0 bridgehead atoms. The molecule has 0 heterocycles. The van der Waals surface area contributed by atoms with Gasteiger partial charge in [-0.05, 0) is 48.7 Å². The molecule has 150 valence electrons. The summed E-state index contributed by atoms with van der Waals surface area (Å²) in [6.45, 7) is 4.68. The molecule has 0 saturated carbocycles. The van der Waals surface area contributed by atoms with Crippen LogP contribution < -0.4 is 10.1 Å². The first-order valence-corrected chi connectivity index (χ1v) is 9.77. The molecule has 0 aliphatic carbocycles. The van der Waals surface area contributed by atoms with Crippen LogP contribution in [0, 0.1) is 0 Å². The Balaban J connectivity index is 2.18. The van der Waals surface area contributed by atoms with Crippen molar-refractivity contribution in [1.29, 1.82) is 0 Å². The molecule has 5 nitrogen and oxygen atoms in total. The van der Waals surface area contributed by atoms with Crippen molar-refractivity contribution >= 4 is 23.4 Å². The third-order valence-corrected chi connectivity index (χ3v) is 4.75. The Labute approximate surface area is 171 Å². The molecule has 0 aliphatic heterocycles. The Hall–Kier alpha value is -2.53. The highest BCUT2D eigenvalue weighted by Gasteiger charge is 2.26. The van der Waals surface area contributed by atoms with Crippen LogP contribution in [0.3, 0.4) is 0 Å². The van der Waals surface area contributed by atoms with E-state index in [4.69, 9.17) is 16.3 Å². The summed E-state index contributed by atoms with van der Waals surface area (Å²) < 4.78 is 5.18. The summed E-state index contributed by atoms with van der Waals surface area (Å²) in [6.07, 6.45) is 1.05. The van der Waals surface area contributed by atoms with Gasteiger partial charge in [-0.15, -0.1) is 0 Å². The number of benzene rings is 2. The molecular formula is C22H27ClN2O3. The van der Waals surface area contributed by atoms with E-state index in [9.17, 15) is 9.59 Å². The normalized spacial score (nSPS) is 11.6. The summed E-state index contributed by atoms with van der Waals surface area (Å²) in [5, 5.41) is 3.50. The lowest BCUT2D eigenvalue weighted by atomic mass is 10.1. The van der Waals surface area contributed by atoms with Gasteiger partial charge in [0.1, 0.15) is 11.8 Å². The van der Waals surface area contributed by atoms with Crippen molar-refractivity contribution < 1.29 is 14.3 Å². The predicted molar refractivity (Wildman–Crippen MR) is 111 cm³/mol. The van der Waals surface area contributed by atoms with Crippen LogP contribution in [0.4, 0.5) is 0 Å². The van der Waals surface area contributed by atoms with Gasteiger partial charge in [-0.1, -0.05) is 42.8 Å². The average molecular weight is 403 g/mol. The fourth-order valence-electron chi connectivity index (χ4n) is 2.78. The van der Waals surface area contributed by atoms with Gasteiger partial charge < -0.3 is 15.0 Å². The van der Waals surface area contributed by atoms with E-state index in [-0.39, 0.29) is 18.2 Å². The molecule has 1 atom stereocenters. The smallest absolute Gasteiger partial charge is 0.242 e. The number of nitrogens with one attached hydrogen (secondary N) is 1. The predicted octanol–water partition coefficient (Wildman–Crippen LogP) is 3.83. The number of hydrogen-bond donors (Lipinski definition) is 1. The molecular weight excluding hydrogens is 376 g/mol. The van der Waals surface area contributed by atoms with E-state index in [0.29, 0.717) is 18.1 Å². The molecule has 0 spiro atoms. The molecule has 2 aromatic carbocycles. The third kappa shape index (κ3) is 6.27. The second-order valence-corrected chi connectivity index (χ2v) is 7.08. The summed E-state index contributed by atoms with van der Waals surface area (Å²) >= 11 is 5.92. The van der Waals surface area contributed by atoms with Gasteiger partial charge in [0.25, 0.3) is 0 Å². The maximum Gasteiger partial charge on any atom is 0.242 e. The largest absolute Gasteiger partial charge is 0.497 e. The second kappa shape index (κ2) is 10.7. The summed E-state index contributed by atoms with van der Waals surface area (Å²) in [7, 11) is 1.61. The molecule has 2 rings (SSSR count). The topological polar surface area (TPSA) is 58.6 Å². The molecule has 0 radical (unpaired) electrons. The number of carbonyl (C=O) groups is 2. The number of carbonyl (C=O) groups excluding carboxylic acids is 2. The Bertz CT molecular complexity index is 775. The molecule has 0 aromatic heterocycles. The van der Waals surface area contributed by atoms with Gasteiger partial charge >= 0.3 is 0 Å². The van der Waals surface area contributed by atoms with Gasteiger partial charge in [-0.2, -0.15) is 0 Å². The lowest BCUT2D eigenvalue weighted by Crippen LogP contribution is -2.48. The minimum atomic E-state index is -0.576. The standard InChI is InChI=1S/C22H27ClN2O3/c1-4-13-24-22(27)16(2)25(15-18-7-11-20(28-3)12-8-18)21(26)14-17-5-9-19(23)10-6-17/h5-12,16H,4,13-15H2,1-3H3,(H,24,27)/t16-/m0/s1. The molecule has 1 N–H and O–H groups in total. The highest BCUT2D eigenvalue weighted by molar-refractivity contribution is 6.30. The number of amides is 2. The van der Waals surface area contributed by atoms with E-state index in [1.807, 2.05) is 43.3 Å². The van der Waals surface area contributed by atoms with Gasteiger partial charge in [-0.25, -0.2) is 0 Å². The van der Waals surface area contributed by atoms with Crippen molar-refractivity contribution in [3.05, 3.63) is 64.7 Å².